The highest BCUT2D eigenvalue weighted by atomic mass is 32.1. The second kappa shape index (κ2) is 4.90. The first-order valence-electron chi connectivity index (χ1n) is 3.43. The van der Waals surface area contributed by atoms with Gasteiger partial charge >= 0.3 is 6.03 Å². The third-order valence-electron chi connectivity index (χ3n) is 1.24. The van der Waals surface area contributed by atoms with E-state index in [1.54, 1.807) is 0 Å². The fraction of sp³-hybridized carbons (Fsp3) is 0.667. The summed E-state index contributed by atoms with van der Waals surface area (Å²) in [7, 11) is 0. The van der Waals surface area contributed by atoms with Crippen LogP contribution >= 0.6 is 12.2 Å². The van der Waals surface area contributed by atoms with Gasteiger partial charge in [0.25, 0.3) is 0 Å². The fourth-order valence-corrected chi connectivity index (χ4v) is 0.923. The van der Waals surface area contributed by atoms with Crippen molar-refractivity contribution in [3.63, 3.8) is 0 Å². The Morgan fingerprint density at radius 3 is 2.45 bits per heavy atom. The maximum Gasteiger partial charge on any atom is 0.312 e. The highest BCUT2D eigenvalue weighted by Crippen LogP contribution is 1.95. The number of primary amides is 1. The molecule has 5 heteroatoms. The van der Waals surface area contributed by atoms with Crippen LogP contribution in [0.15, 0.2) is 0 Å². The van der Waals surface area contributed by atoms with E-state index in [1.807, 2.05) is 6.92 Å². The van der Waals surface area contributed by atoms with E-state index in [1.165, 1.54) is 0 Å². The molecule has 0 aliphatic carbocycles. The molecule has 0 saturated heterocycles. The largest absolute Gasteiger partial charge is 0.392 e. The smallest absolute Gasteiger partial charge is 0.312 e. The monoisotopic (exact) mass is 175 g/mol. The summed E-state index contributed by atoms with van der Waals surface area (Å²) < 4.78 is 0. The van der Waals surface area contributed by atoms with Crippen molar-refractivity contribution in [2.75, 3.05) is 0 Å². The third-order valence-corrected chi connectivity index (χ3v) is 1.52. The van der Waals surface area contributed by atoms with Crippen LogP contribution in [0, 0.1) is 0 Å². The number of rotatable bonds is 4. The van der Waals surface area contributed by atoms with Crippen LogP contribution in [0.4, 0.5) is 4.79 Å². The molecule has 0 bridgehead atoms. The van der Waals surface area contributed by atoms with Gasteiger partial charge in [-0.1, -0.05) is 25.6 Å². The fourth-order valence-electron chi connectivity index (χ4n) is 0.746. The molecule has 1 atom stereocenters. The molecule has 0 heterocycles. The van der Waals surface area contributed by atoms with Crippen LogP contribution in [0.1, 0.15) is 19.8 Å². The van der Waals surface area contributed by atoms with Crippen molar-refractivity contribution in [3.05, 3.63) is 0 Å². The van der Waals surface area contributed by atoms with Crippen molar-refractivity contribution in [2.24, 2.45) is 11.5 Å². The normalized spacial score (nSPS) is 12.1. The Morgan fingerprint density at radius 1 is 1.64 bits per heavy atom. The third kappa shape index (κ3) is 4.55. The first kappa shape index (κ1) is 10.2. The van der Waals surface area contributed by atoms with Crippen LogP contribution in [0.2, 0.25) is 0 Å². The Kier molecular flexibility index (Phi) is 4.52. The minimum atomic E-state index is -0.587. The summed E-state index contributed by atoms with van der Waals surface area (Å²) >= 11 is 4.71. The Morgan fingerprint density at radius 2 is 2.18 bits per heavy atom. The van der Waals surface area contributed by atoms with E-state index in [0.29, 0.717) is 0 Å². The maximum atomic E-state index is 10.4. The molecule has 0 fully saturated rings. The molecule has 0 aliphatic heterocycles. The van der Waals surface area contributed by atoms with E-state index >= 15 is 0 Å². The molecule has 0 radical (unpaired) electrons. The Balaban J connectivity index is 3.89. The van der Waals surface area contributed by atoms with Crippen molar-refractivity contribution >= 4 is 23.2 Å². The molecule has 5 N–H and O–H groups in total. The lowest BCUT2D eigenvalue weighted by atomic mass is 10.2. The molecular formula is C6H13N3OS. The Hall–Kier alpha value is -0.840. The van der Waals surface area contributed by atoms with Gasteiger partial charge in [-0.25, -0.2) is 4.79 Å². The summed E-state index contributed by atoms with van der Waals surface area (Å²) in [6.07, 6.45) is 1.64. The van der Waals surface area contributed by atoms with E-state index in [2.05, 4.69) is 5.32 Å². The second-order valence-electron chi connectivity index (χ2n) is 2.25. The zero-order chi connectivity index (χ0) is 8.85. The van der Waals surface area contributed by atoms with Crippen LogP contribution < -0.4 is 16.8 Å². The number of hydrogen-bond donors (Lipinski definition) is 3. The van der Waals surface area contributed by atoms with Gasteiger partial charge in [0.2, 0.25) is 0 Å². The number of carbonyl (C=O) groups is 1. The lowest BCUT2D eigenvalue weighted by Gasteiger charge is -2.14. The van der Waals surface area contributed by atoms with Gasteiger partial charge in [-0.3, -0.25) is 0 Å². The van der Waals surface area contributed by atoms with Gasteiger partial charge in [-0.05, 0) is 6.42 Å². The number of amides is 2. The topological polar surface area (TPSA) is 81.1 Å². The van der Waals surface area contributed by atoms with Crippen molar-refractivity contribution in [1.82, 2.24) is 5.32 Å². The zero-order valence-electron chi connectivity index (χ0n) is 6.46. The van der Waals surface area contributed by atoms with Gasteiger partial charge in [0, 0.05) is 0 Å². The molecule has 2 amide bonds. The average Bonchev–Trinajstić information content (AvgIpc) is 1.86. The Bertz CT molecular complexity index is 160. The molecular weight excluding hydrogens is 162 g/mol. The lowest BCUT2D eigenvalue weighted by molar-refractivity contribution is 0.247. The van der Waals surface area contributed by atoms with Crippen LogP contribution in [0.25, 0.3) is 0 Å². The SMILES string of the molecule is CCCC(NC(N)=O)C(N)=S. The molecule has 0 aromatic heterocycles. The summed E-state index contributed by atoms with van der Waals surface area (Å²) in [6.45, 7) is 1.98. The van der Waals surface area contributed by atoms with Crippen LogP contribution in [0.3, 0.4) is 0 Å². The molecule has 0 saturated carbocycles. The second-order valence-corrected chi connectivity index (χ2v) is 2.72. The van der Waals surface area contributed by atoms with Crippen molar-refractivity contribution in [3.8, 4) is 0 Å². The van der Waals surface area contributed by atoms with E-state index in [-0.39, 0.29) is 11.0 Å². The molecule has 0 rings (SSSR count). The minimum absolute atomic E-state index is 0.257. The Labute approximate surface area is 71.3 Å². The van der Waals surface area contributed by atoms with Gasteiger partial charge in [0.05, 0.1) is 11.0 Å². The zero-order valence-corrected chi connectivity index (χ0v) is 7.28. The summed E-state index contributed by atoms with van der Waals surface area (Å²) in [5.74, 6) is 0. The quantitative estimate of drug-likeness (QED) is 0.530. The summed E-state index contributed by atoms with van der Waals surface area (Å²) in [5, 5.41) is 2.45. The van der Waals surface area contributed by atoms with E-state index in [4.69, 9.17) is 23.7 Å². The van der Waals surface area contributed by atoms with Gasteiger partial charge in [-0.2, -0.15) is 0 Å². The molecule has 4 nitrogen and oxygen atoms in total. The van der Waals surface area contributed by atoms with Gasteiger partial charge in [0.1, 0.15) is 0 Å². The molecule has 11 heavy (non-hydrogen) atoms. The van der Waals surface area contributed by atoms with Crippen LogP contribution in [0.5, 0.6) is 0 Å². The molecule has 0 aromatic carbocycles. The molecule has 1 unspecified atom stereocenters. The van der Waals surface area contributed by atoms with Crippen LogP contribution in [-0.4, -0.2) is 17.1 Å². The molecule has 64 valence electrons. The predicted octanol–water partition coefficient (Wildman–Crippen LogP) is 0.110. The standard InChI is InChI=1S/C6H13N3OS/c1-2-3-4(5(7)11)9-6(8)10/h4H,2-3H2,1H3,(H2,7,11)(H3,8,9,10). The minimum Gasteiger partial charge on any atom is -0.392 e. The average molecular weight is 175 g/mol. The summed E-state index contributed by atoms with van der Waals surface area (Å²) in [4.78, 5) is 10.7. The van der Waals surface area contributed by atoms with Crippen molar-refractivity contribution in [2.45, 2.75) is 25.8 Å². The first-order valence-corrected chi connectivity index (χ1v) is 3.84. The number of carbonyl (C=O) groups excluding carboxylic acids is 1. The number of nitrogens with one attached hydrogen (secondary N) is 1. The molecule has 0 spiro atoms. The van der Waals surface area contributed by atoms with Crippen molar-refractivity contribution in [1.29, 1.82) is 0 Å². The highest BCUT2D eigenvalue weighted by molar-refractivity contribution is 7.80. The molecule has 0 aliphatic rings. The van der Waals surface area contributed by atoms with Crippen LogP contribution in [-0.2, 0) is 0 Å². The predicted molar refractivity (Wildman–Crippen MR) is 48.2 cm³/mol. The van der Waals surface area contributed by atoms with E-state index in [0.717, 1.165) is 12.8 Å². The molecule has 0 aromatic rings. The van der Waals surface area contributed by atoms with E-state index in [9.17, 15) is 4.79 Å². The summed E-state index contributed by atoms with van der Waals surface area (Å²) in [6, 6.07) is -0.844. The van der Waals surface area contributed by atoms with Gasteiger partial charge < -0.3 is 16.8 Å². The maximum absolute atomic E-state index is 10.4. The number of urea groups is 1. The van der Waals surface area contributed by atoms with Crippen molar-refractivity contribution < 1.29 is 4.79 Å². The summed E-state index contributed by atoms with van der Waals surface area (Å²) in [5.41, 5.74) is 10.2. The van der Waals surface area contributed by atoms with Gasteiger partial charge in [-0.15, -0.1) is 0 Å². The first-order chi connectivity index (χ1) is 5.07. The van der Waals surface area contributed by atoms with E-state index < -0.39 is 6.03 Å². The number of thiocarbonyl (C=S) groups is 1. The van der Waals surface area contributed by atoms with Gasteiger partial charge in [0.15, 0.2) is 0 Å². The lowest BCUT2D eigenvalue weighted by Crippen LogP contribution is -2.45. The number of nitrogens with two attached hydrogens (primary N) is 2. The highest BCUT2D eigenvalue weighted by Gasteiger charge is 2.10. The number of hydrogen-bond acceptors (Lipinski definition) is 2.